The standard InChI is InChI=1S/C17H36O2Si/c1-5-8-9-10-15-18-20(6-2,7-3)19-17-13-11-16(4)12-14-17/h16-17H,5-15H2,1-4H3. The fraction of sp³-hybridized carbons (Fsp3) is 1.00. The maximum Gasteiger partial charge on any atom is 0.337 e. The summed E-state index contributed by atoms with van der Waals surface area (Å²) in [6.45, 7) is 10.0. The number of hydrogen-bond acceptors (Lipinski definition) is 2. The molecule has 1 saturated carbocycles. The first kappa shape index (κ1) is 18.2. The first-order valence-electron chi connectivity index (χ1n) is 8.97. The quantitative estimate of drug-likeness (QED) is 0.383. The van der Waals surface area contributed by atoms with Gasteiger partial charge in [0.2, 0.25) is 0 Å². The molecule has 3 heteroatoms. The average Bonchev–Trinajstić information content (AvgIpc) is 2.48. The summed E-state index contributed by atoms with van der Waals surface area (Å²) in [5.74, 6) is 0.893. The van der Waals surface area contributed by atoms with Crippen LogP contribution in [0.5, 0.6) is 0 Å². The second-order valence-corrected chi connectivity index (χ2v) is 10.3. The summed E-state index contributed by atoms with van der Waals surface area (Å²) >= 11 is 0. The van der Waals surface area contributed by atoms with E-state index in [4.69, 9.17) is 8.85 Å². The van der Waals surface area contributed by atoms with Crippen LogP contribution in [0.25, 0.3) is 0 Å². The first-order valence-corrected chi connectivity index (χ1v) is 11.2. The predicted octanol–water partition coefficient (Wildman–Crippen LogP) is 5.66. The van der Waals surface area contributed by atoms with E-state index in [1.165, 1.54) is 51.4 Å². The van der Waals surface area contributed by atoms with Gasteiger partial charge in [0.1, 0.15) is 0 Å². The zero-order valence-corrected chi connectivity index (χ0v) is 15.2. The topological polar surface area (TPSA) is 18.5 Å². The Morgan fingerprint density at radius 1 is 0.900 bits per heavy atom. The number of hydrogen-bond donors (Lipinski definition) is 0. The lowest BCUT2D eigenvalue weighted by Crippen LogP contribution is -2.45. The lowest BCUT2D eigenvalue weighted by Gasteiger charge is -2.36. The van der Waals surface area contributed by atoms with Crippen molar-refractivity contribution in [3.63, 3.8) is 0 Å². The van der Waals surface area contributed by atoms with Crippen molar-refractivity contribution in [2.75, 3.05) is 6.61 Å². The highest BCUT2D eigenvalue weighted by Gasteiger charge is 2.37. The van der Waals surface area contributed by atoms with Gasteiger partial charge < -0.3 is 8.85 Å². The van der Waals surface area contributed by atoms with Crippen molar-refractivity contribution < 1.29 is 8.85 Å². The van der Waals surface area contributed by atoms with Crippen molar-refractivity contribution in [1.29, 1.82) is 0 Å². The van der Waals surface area contributed by atoms with Crippen LogP contribution in [0.15, 0.2) is 0 Å². The normalized spacial score (nSPS) is 24.0. The van der Waals surface area contributed by atoms with Gasteiger partial charge in [-0.3, -0.25) is 0 Å². The Morgan fingerprint density at radius 2 is 1.55 bits per heavy atom. The summed E-state index contributed by atoms with van der Waals surface area (Å²) in [6.07, 6.45) is 10.8. The van der Waals surface area contributed by atoms with Crippen molar-refractivity contribution in [3.8, 4) is 0 Å². The zero-order valence-electron chi connectivity index (χ0n) is 14.2. The molecule has 0 bridgehead atoms. The summed E-state index contributed by atoms with van der Waals surface area (Å²) in [7, 11) is -1.91. The van der Waals surface area contributed by atoms with E-state index in [1.807, 2.05) is 0 Å². The Bertz CT molecular complexity index is 233. The molecule has 1 fully saturated rings. The fourth-order valence-corrected chi connectivity index (χ4v) is 5.76. The molecule has 0 saturated heterocycles. The molecule has 0 heterocycles. The van der Waals surface area contributed by atoms with Gasteiger partial charge in [0.15, 0.2) is 0 Å². The van der Waals surface area contributed by atoms with Crippen molar-refractivity contribution in [2.24, 2.45) is 5.92 Å². The smallest absolute Gasteiger partial charge is 0.337 e. The lowest BCUT2D eigenvalue weighted by atomic mass is 9.89. The highest BCUT2D eigenvalue weighted by molar-refractivity contribution is 6.67. The van der Waals surface area contributed by atoms with E-state index >= 15 is 0 Å². The molecular weight excluding hydrogens is 264 g/mol. The van der Waals surface area contributed by atoms with Crippen LogP contribution in [0, 0.1) is 5.92 Å². The van der Waals surface area contributed by atoms with Crippen LogP contribution in [0.3, 0.4) is 0 Å². The highest BCUT2D eigenvalue weighted by Crippen LogP contribution is 2.30. The molecule has 2 nitrogen and oxygen atoms in total. The van der Waals surface area contributed by atoms with Crippen LogP contribution in [0.1, 0.15) is 79.1 Å². The third-order valence-corrected chi connectivity index (χ3v) is 8.43. The molecule has 120 valence electrons. The fourth-order valence-electron chi connectivity index (χ4n) is 3.09. The van der Waals surface area contributed by atoms with E-state index in [2.05, 4.69) is 27.7 Å². The van der Waals surface area contributed by atoms with E-state index in [9.17, 15) is 0 Å². The van der Waals surface area contributed by atoms with E-state index < -0.39 is 8.56 Å². The molecular formula is C17H36O2Si. The maximum atomic E-state index is 6.55. The van der Waals surface area contributed by atoms with Crippen LogP contribution >= 0.6 is 0 Å². The molecule has 1 rings (SSSR count). The largest absolute Gasteiger partial charge is 0.394 e. The molecule has 20 heavy (non-hydrogen) atoms. The summed E-state index contributed by atoms with van der Waals surface area (Å²) in [5.41, 5.74) is 0. The van der Waals surface area contributed by atoms with Gasteiger partial charge >= 0.3 is 8.56 Å². The van der Waals surface area contributed by atoms with E-state index in [0.717, 1.165) is 24.6 Å². The van der Waals surface area contributed by atoms with E-state index in [0.29, 0.717) is 6.10 Å². The summed E-state index contributed by atoms with van der Waals surface area (Å²) in [5, 5.41) is 0. The summed E-state index contributed by atoms with van der Waals surface area (Å²) in [4.78, 5) is 0. The molecule has 0 atom stereocenters. The maximum absolute atomic E-state index is 6.55. The van der Waals surface area contributed by atoms with Gasteiger partial charge in [-0.25, -0.2) is 0 Å². The molecule has 0 N–H and O–H groups in total. The number of unbranched alkanes of at least 4 members (excludes halogenated alkanes) is 3. The van der Waals surface area contributed by atoms with Crippen LogP contribution in [-0.2, 0) is 8.85 Å². The molecule has 1 aliphatic rings. The molecule has 0 aromatic carbocycles. The van der Waals surface area contributed by atoms with Gasteiger partial charge in [-0.15, -0.1) is 0 Å². The van der Waals surface area contributed by atoms with Crippen molar-refractivity contribution >= 4 is 8.56 Å². The Labute approximate surface area is 127 Å². The van der Waals surface area contributed by atoms with Crippen LogP contribution in [0.4, 0.5) is 0 Å². The van der Waals surface area contributed by atoms with Gasteiger partial charge in [-0.2, -0.15) is 0 Å². The third-order valence-electron chi connectivity index (χ3n) is 4.78. The molecule has 0 aromatic rings. The Balaban J connectivity index is 2.36. The van der Waals surface area contributed by atoms with Crippen molar-refractivity contribution in [2.45, 2.75) is 97.3 Å². The van der Waals surface area contributed by atoms with E-state index in [1.54, 1.807) is 0 Å². The second-order valence-electron chi connectivity index (χ2n) is 6.53. The van der Waals surface area contributed by atoms with Crippen molar-refractivity contribution in [1.82, 2.24) is 0 Å². The highest BCUT2D eigenvalue weighted by atomic mass is 28.4. The molecule has 0 amide bonds. The summed E-state index contributed by atoms with van der Waals surface area (Å²) in [6, 6.07) is 2.20. The second kappa shape index (κ2) is 9.96. The predicted molar refractivity (Wildman–Crippen MR) is 89.3 cm³/mol. The molecule has 0 radical (unpaired) electrons. The SMILES string of the molecule is CCCCCCO[Si](CC)(CC)OC1CCC(C)CC1. The Kier molecular flexibility index (Phi) is 9.06. The first-order chi connectivity index (χ1) is 9.65. The average molecular weight is 301 g/mol. The minimum atomic E-state index is -1.91. The zero-order chi connectivity index (χ0) is 14.8. The number of rotatable bonds is 10. The molecule has 0 aliphatic heterocycles. The van der Waals surface area contributed by atoms with Crippen LogP contribution < -0.4 is 0 Å². The molecule has 1 aliphatic carbocycles. The van der Waals surface area contributed by atoms with Gasteiger partial charge in [-0.05, 0) is 50.1 Å². The van der Waals surface area contributed by atoms with Gasteiger partial charge in [0.25, 0.3) is 0 Å². The molecule has 0 unspecified atom stereocenters. The Morgan fingerprint density at radius 3 is 2.10 bits per heavy atom. The van der Waals surface area contributed by atoms with Gasteiger partial charge in [0.05, 0.1) is 0 Å². The van der Waals surface area contributed by atoms with Crippen LogP contribution in [0.2, 0.25) is 12.1 Å². The Hall–Kier alpha value is 0.137. The van der Waals surface area contributed by atoms with Crippen molar-refractivity contribution in [3.05, 3.63) is 0 Å². The molecule has 0 spiro atoms. The monoisotopic (exact) mass is 300 g/mol. The summed E-state index contributed by atoms with van der Waals surface area (Å²) < 4.78 is 12.9. The third kappa shape index (κ3) is 6.27. The van der Waals surface area contributed by atoms with E-state index in [-0.39, 0.29) is 0 Å². The van der Waals surface area contributed by atoms with Crippen LogP contribution in [-0.4, -0.2) is 21.3 Å². The minimum Gasteiger partial charge on any atom is -0.394 e. The minimum absolute atomic E-state index is 0.480. The van der Waals surface area contributed by atoms with Gasteiger partial charge in [0, 0.05) is 12.7 Å². The lowest BCUT2D eigenvalue weighted by molar-refractivity contribution is 0.0756. The van der Waals surface area contributed by atoms with Gasteiger partial charge in [-0.1, -0.05) is 47.0 Å². The molecule has 0 aromatic heterocycles.